The van der Waals surface area contributed by atoms with Crippen molar-refractivity contribution in [2.24, 2.45) is 11.0 Å². The normalized spacial score (nSPS) is 19.6. The lowest BCUT2D eigenvalue weighted by molar-refractivity contribution is 0.0955. The zero-order chi connectivity index (χ0) is 18.6. The molecule has 0 aromatic heterocycles. The Morgan fingerprint density at radius 3 is 2.67 bits per heavy atom. The number of carbonyl (C=O) groups is 1. The molecule has 1 heterocycles. The average Bonchev–Trinajstić information content (AvgIpc) is 3.16. The second-order valence-electron chi connectivity index (χ2n) is 6.50. The van der Waals surface area contributed by atoms with Gasteiger partial charge in [-0.2, -0.15) is 5.10 Å². The second-order valence-corrected chi connectivity index (χ2v) is 7.42. The summed E-state index contributed by atoms with van der Waals surface area (Å²) in [6.07, 6.45) is 1.79. The van der Waals surface area contributed by atoms with Crippen LogP contribution in [0.15, 0.2) is 76.3 Å². The standard InChI is InChI=1S/C21H19BrN4O/c22-19-9-7-15(8-10-19)20-18(12-23-25-20)13-24-26-21(27)17-6-5-14-3-1-2-4-16(14)11-17/h1-11,13,18,20,23,25H,12H2,(H,26,27)/b24-13+. The van der Waals surface area contributed by atoms with E-state index in [1.54, 1.807) is 6.21 Å². The molecule has 4 rings (SSSR count). The fourth-order valence-corrected chi connectivity index (χ4v) is 3.50. The highest BCUT2D eigenvalue weighted by Gasteiger charge is 2.26. The quantitative estimate of drug-likeness (QED) is 0.442. The number of amides is 1. The molecule has 1 fully saturated rings. The molecule has 0 aliphatic carbocycles. The SMILES string of the molecule is O=C(N/N=C/C1CNNC1c1ccc(Br)cc1)c1ccc2ccccc2c1. The minimum absolute atomic E-state index is 0.111. The lowest BCUT2D eigenvalue weighted by Gasteiger charge is -2.15. The van der Waals surface area contributed by atoms with Gasteiger partial charge in [0.2, 0.25) is 0 Å². The number of halogens is 1. The first-order valence-corrected chi connectivity index (χ1v) is 9.56. The zero-order valence-electron chi connectivity index (χ0n) is 14.5. The topological polar surface area (TPSA) is 65.5 Å². The van der Waals surface area contributed by atoms with Gasteiger partial charge >= 0.3 is 0 Å². The maximum atomic E-state index is 12.4. The summed E-state index contributed by atoms with van der Waals surface area (Å²) < 4.78 is 1.05. The van der Waals surface area contributed by atoms with Crippen LogP contribution in [-0.4, -0.2) is 18.7 Å². The molecule has 2 unspecified atom stereocenters. The summed E-state index contributed by atoms with van der Waals surface area (Å²) in [6.45, 7) is 0.746. The summed E-state index contributed by atoms with van der Waals surface area (Å²) in [6, 6.07) is 21.9. The van der Waals surface area contributed by atoms with Gasteiger partial charge in [0.15, 0.2) is 0 Å². The third kappa shape index (κ3) is 4.08. The Balaban J connectivity index is 1.42. The number of nitrogens with zero attached hydrogens (tertiary/aromatic N) is 1. The molecule has 136 valence electrons. The van der Waals surface area contributed by atoms with Gasteiger partial charge in [-0.1, -0.05) is 58.4 Å². The molecule has 3 aromatic rings. The number of carbonyl (C=O) groups excluding carboxylic acids is 1. The van der Waals surface area contributed by atoms with Crippen LogP contribution in [0, 0.1) is 5.92 Å². The molecule has 3 N–H and O–H groups in total. The van der Waals surface area contributed by atoms with Crippen molar-refractivity contribution in [2.45, 2.75) is 6.04 Å². The van der Waals surface area contributed by atoms with E-state index in [2.05, 4.69) is 49.4 Å². The first kappa shape index (κ1) is 17.9. The summed E-state index contributed by atoms with van der Waals surface area (Å²) in [5, 5.41) is 6.33. The second kappa shape index (κ2) is 8.00. The van der Waals surface area contributed by atoms with Gasteiger partial charge in [0.05, 0.1) is 6.04 Å². The predicted molar refractivity (Wildman–Crippen MR) is 111 cm³/mol. The van der Waals surface area contributed by atoms with Crippen LogP contribution in [0.3, 0.4) is 0 Å². The van der Waals surface area contributed by atoms with Crippen LogP contribution in [0.2, 0.25) is 0 Å². The van der Waals surface area contributed by atoms with E-state index >= 15 is 0 Å². The molecule has 1 aliphatic heterocycles. The van der Waals surface area contributed by atoms with Crippen molar-refractivity contribution in [3.05, 3.63) is 82.3 Å². The number of rotatable bonds is 4. The molecule has 0 bridgehead atoms. The first-order valence-electron chi connectivity index (χ1n) is 8.77. The van der Waals surface area contributed by atoms with E-state index in [0.717, 1.165) is 21.8 Å². The summed E-state index contributed by atoms with van der Waals surface area (Å²) in [5.74, 6) is -0.0702. The van der Waals surface area contributed by atoms with Crippen molar-refractivity contribution in [1.29, 1.82) is 0 Å². The smallest absolute Gasteiger partial charge is 0.267 e. The molecule has 0 radical (unpaired) electrons. The van der Waals surface area contributed by atoms with Crippen LogP contribution in [0.4, 0.5) is 0 Å². The molecular formula is C21H19BrN4O. The van der Waals surface area contributed by atoms with Crippen LogP contribution < -0.4 is 16.3 Å². The lowest BCUT2D eigenvalue weighted by Crippen LogP contribution is -2.25. The van der Waals surface area contributed by atoms with Crippen LogP contribution >= 0.6 is 15.9 Å². The molecule has 1 amide bonds. The lowest BCUT2D eigenvalue weighted by atomic mass is 9.96. The van der Waals surface area contributed by atoms with Crippen molar-refractivity contribution in [1.82, 2.24) is 16.3 Å². The molecule has 0 saturated carbocycles. The van der Waals surface area contributed by atoms with Gasteiger partial charge < -0.3 is 0 Å². The minimum atomic E-state index is -0.212. The van der Waals surface area contributed by atoms with Gasteiger partial charge in [-0.25, -0.2) is 10.9 Å². The van der Waals surface area contributed by atoms with E-state index in [0.29, 0.717) is 5.56 Å². The van der Waals surface area contributed by atoms with Gasteiger partial charge in [0.1, 0.15) is 0 Å². The maximum Gasteiger partial charge on any atom is 0.271 e. The van der Waals surface area contributed by atoms with Gasteiger partial charge in [0.25, 0.3) is 5.91 Å². The Morgan fingerprint density at radius 2 is 1.85 bits per heavy atom. The summed E-state index contributed by atoms with van der Waals surface area (Å²) in [4.78, 5) is 12.4. The Hall–Kier alpha value is -2.54. The van der Waals surface area contributed by atoms with Crippen LogP contribution in [0.1, 0.15) is 22.0 Å². The van der Waals surface area contributed by atoms with Crippen molar-refractivity contribution in [3.63, 3.8) is 0 Å². The maximum absolute atomic E-state index is 12.4. The monoisotopic (exact) mass is 422 g/mol. The highest BCUT2D eigenvalue weighted by atomic mass is 79.9. The van der Waals surface area contributed by atoms with Gasteiger partial charge in [0, 0.05) is 28.7 Å². The van der Waals surface area contributed by atoms with Gasteiger partial charge in [-0.15, -0.1) is 0 Å². The highest BCUT2D eigenvalue weighted by molar-refractivity contribution is 9.10. The number of hydrogen-bond acceptors (Lipinski definition) is 4. The fourth-order valence-electron chi connectivity index (χ4n) is 3.24. The van der Waals surface area contributed by atoms with E-state index < -0.39 is 0 Å². The molecule has 1 aliphatic rings. The van der Waals surface area contributed by atoms with E-state index in [4.69, 9.17) is 0 Å². The zero-order valence-corrected chi connectivity index (χ0v) is 16.1. The Labute approximate surface area is 166 Å². The predicted octanol–water partition coefficient (Wildman–Crippen LogP) is 3.78. The van der Waals surface area contributed by atoms with Crippen molar-refractivity contribution in [2.75, 3.05) is 6.54 Å². The van der Waals surface area contributed by atoms with Crippen LogP contribution in [0.25, 0.3) is 10.8 Å². The fraction of sp³-hybridized carbons (Fsp3) is 0.143. The minimum Gasteiger partial charge on any atom is -0.267 e. The number of hydrazone groups is 1. The Morgan fingerprint density at radius 1 is 1.07 bits per heavy atom. The van der Waals surface area contributed by atoms with Gasteiger partial charge in [-0.05, 0) is 40.6 Å². The largest absolute Gasteiger partial charge is 0.271 e. The van der Waals surface area contributed by atoms with E-state index in [-0.39, 0.29) is 17.9 Å². The van der Waals surface area contributed by atoms with E-state index in [1.807, 2.05) is 54.6 Å². The Bertz CT molecular complexity index is 987. The molecule has 6 heteroatoms. The average molecular weight is 423 g/mol. The van der Waals surface area contributed by atoms with Crippen molar-refractivity contribution >= 4 is 38.8 Å². The van der Waals surface area contributed by atoms with Crippen molar-refractivity contribution < 1.29 is 4.79 Å². The third-order valence-corrected chi connectivity index (χ3v) is 5.23. The molecule has 5 nitrogen and oxygen atoms in total. The molecule has 1 saturated heterocycles. The summed E-state index contributed by atoms with van der Waals surface area (Å²) >= 11 is 3.45. The van der Waals surface area contributed by atoms with E-state index in [9.17, 15) is 4.79 Å². The molecule has 27 heavy (non-hydrogen) atoms. The number of hydrazine groups is 1. The highest BCUT2D eigenvalue weighted by Crippen LogP contribution is 2.25. The summed E-state index contributed by atoms with van der Waals surface area (Å²) in [5.41, 5.74) is 10.8. The van der Waals surface area contributed by atoms with Crippen LogP contribution in [0.5, 0.6) is 0 Å². The van der Waals surface area contributed by atoms with Gasteiger partial charge in [-0.3, -0.25) is 10.2 Å². The Kier molecular flexibility index (Phi) is 5.29. The summed E-state index contributed by atoms with van der Waals surface area (Å²) in [7, 11) is 0. The third-order valence-electron chi connectivity index (χ3n) is 4.70. The number of nitrogens with one attached hydrogen (secondary N) is 3. The van der Waals surface area contributed by atoms with Crippen LogP contribution in [-0.2, 0) is 0 Å². The molecule has 2 atom stereocenters. The van der Waals surface area contributed by atoms with Crippen molar-refractivity contribution in [3.8, 4) is 0 Å². The number of fused-ring (bicyclic) bond motifs is 1. The number of hydrogen-bond donors (Lipinski definition) is 3. The molecule has 3 aromatic carbocycles. The number of benzene rings is 3. The molecular weight excluding hydrogens is 404 g/mol. The first-order chi connectivity index (χ1) is 13.2. The van der Waals surface area contributed by atoms with E-state index in [1.165, 1.54) is 5.56 Å². The molecule has 0 spiro atoms.